The van der Waals surface area contributed by atoms with E-state index in [4.69, 9.17) is 0 Å². The summed E-state index contributed by atoms with van der Waals surface area (Å²) < 4.78 is 5.75. The third-order valence-electron chi connectivity index (χ3n) is 4.80. The van der Waals surface area contributed by atoms with Crippen LogP contribution in [0.15, 0.2) is 41.5 Å². The lowest BCUT2D eigenvalue weighted by atomic mass is 9.95. The Kier molecular flexibility index (Phi) is 4.79. The van der Waals surface area contributed by atoms with Crippen LogP contribution < -0.4 is 10.9 Å². The molecule has 3 aromatic rings. The molecule has 0 atom stereocenters. The van der Waals surface area contributed by atoms with Crippen LogP contribution >= 0.6 is 11.5 Å². The highest BCUT2D eigenvalue weighted by atomic mass is 32.1. The van der Waals surface area contributed by atoms with Gasteiger partial charge in [0.1, 0.15) is 10.4 Å². The van der Waals surface area contributed by atoms with Crippen molar-refractivity contribution in [2.45, 2.75) is 44.7 Å². The molecule has 0 bridgehead atoms. The predicted octanol–water partition coefficient (Wildman–Crippen LogP) is 2.96. The molecule has 1 aromatic carbocycles. The number of carbonyl (C=O) groups excluding carboxylic acids is 1. The minimum Gasteiger partial charge on any atom is -0.348 e. The second-order valence-corrected chi connectivity index (χ2v) is 7.45. The average molecular weight is 368 g/mol. The average Bonchev–Trinajstić information content (AvgIpc) is 3.11. The summed E-state index contributed by atoms with van der Waals surface area (Å²) in [5.74, 6) is -0.169. The molecule has 1 saturated carbocycles. The fourth-order valence-electron chi connectivity index (χ4n) is 3.40. The van der Waals surface area contributed by atoms with Crippen LogP contribution in [0, 0.1) is 0 Å². The normalized spacial score (nSPS) is 15.2. The topological polar surface area (TPSA) is 76.9 Å². The number of rotatable bonds is 4. The van der Waals surface area contributed by atoms with Gasteiger partial charge in [0.25, 0.3) is 11.5 Å². The molecule has 1 fully saturated rings. The van der Waals surface area contributed by atoms with Crippen molar-refractivity contribution in [2.75, 3.05) is 0 Å². The summed E-state index contributed by atoms with van der Waals surface area (Å²) in [4.78, 5) is 30.1. The van der Waals surface area contributed by atoms with E-state index >= 15 is 0 Å². The van der Waals surface area contributed by atoms with E-state index in [2.05, 4.69) is 14.7 Å². The van der Waals surface area contributed by atoms with Crippen LogP contribution in [0.5, 0.6) is 0 Å². The molecule has 6 nitrogen and oxygen atoms in total. The molecule has 26 heavy (non-hydrogen) atoms. The highest BCUT2D eigenvalue weighted by Gasteiger charge is 2.22. The van der Waals surface area contributed by atoms with Gasteiger partial charge in [0.2, 0.25) is 0 Å². The smallest absolute Gasteiger partial charge is 0.281 e. The van der Waals surface area contributed by atoms with Crippen LogP contribution in [-0.2, 0) is 6.54 Å². The lowest BCUT2D eigenvalue weighted by molar-refractivity contribution is 0.0933. The summed E-state index contributed by atoms with van der Waals surface area (Å²) in [5.41, 5.74) is 1.47. The Morgan fingerprint density at radius 2 is 1.92 bits per heavy atom. The van der Waals surface area contributed by atoms with Gasteiger partial charge in [-0.05, 0) is 29.9 Å². The van der Waals surface area contributed by atoms with Gasteiger partial charge in [-0.2, -0.15) is 4.37 Å². The number of aromatic nitrogens is 3. The summed E-state index contributed by atoms with van der Waals surface area (Å²) in [7, 11) is 0. The molecule has 1 aliphatic rings. The quantitative estimate of drug-likeness (QED) is 0.768. The van der Waals surface area contributed by atoms with Crippen molar-refractivity contribution in [2.24, 2.45) is 0 Å². The second kappa shape index (κ2) is 7.37. The Balaban J connectivity index is 1.59. The number of fused-ring (bicyclic) bond motifs is 1. The molecule has 0 aliphatic heterocycles. The molecule has 0 spiro atoms. The first kappa shape index (κ1) is 16.9. The van der Waals surface area contributed by atoms with E-state index in [-0.39, 0.29) is 23.0 Å². The minimum absolute atomic E-state index is 0.169. The number of amides is 1. The summed E-state index contributed by atoms with van der Waals surface area (Å²) in [6.07, 6.45) is 7.06. The summed E-state index contributed by atoms with van der Waals surface area (Å²) in [5, 5.41) is 3.07. The highest BCUT2D eigenvalue weighted by molar-refractivity contribution is 7.09. The first-order valence-corrected chi connectivity index (χ1v) is 9.69. The monoisotopic (exact) mass is 368 g/mol. The number of hydrogen-bond donors (Lipinski definition) is 1. The summed E-state index contributed by atoms with van der Waals surface area (Å²) in [6.45, 7) is 0.434. The Labute approximate surface area is 155 Å². The maximum absolute atomic E-state index is 12.7. The van der Waals surface area contributed by atoms with Crippen molar-refractivity contribution in [3.63, 3.8) is 0 Å². The van der Waals surface area contributed by atoms with E-state index in [0.717, 1.165) is 42.8 Å². The van der Waals surface area contributed by atoms with Crippen molar-refractivity contribution in [1.82, 2.24) is 19.2 Å². The number of carbonyl (C=O) groups is 1. The van der Waals surface area contributed by atoms with Gasteiger partial charge in [-0.25, -0.2) is 4.98 Å². The van der Waals surface area contributed by atoms with Crippen molar-refractivity contribution in [3.8, 4) is 0 Å². The molecule has 1 amide bonds. The Bertz CT molecular complexity index is 974. The lowest BCUT2D eigenvalue weighted by Gasteiger charge is -2.22. The van der Waals surface area contributed by atoms with Gasteiger partial charge >= 0.3 is 0 Å². The maximum Gasteiger partial charge on any atom is 0.281 e. The molecular weight excluding hydrogens is 348 g/mol. The van der Waals surface area contributed by atoms with Crippen molar-refractivity contribution in [1.29, 1.82) is 0 Å². The molecule has 4 rings (SSSR count). The number of nitrogens with one attached hydrogen (secondary N) is 1. The van der Waals surface area contributed by atoms with Gasteiger partial charge in [0.05, 0.1) is 12.9 Å². The van der Waals surface area contributed by atoms with Crippen molar-refractivity contribution < 1.29 is 4.79 Å². The van der Waals surface area contributed by atoms with E-state index in [1.165, 1.54) is 17.3 Å². The first-order valence-electron chi connectivity index (χ1n) is 8.92. The van der Waals surface area contributed by atoms with Gasteiger partial charge in [-0.3, -0.25) is 14.2 Å². The molecule has 0 radical (unpaired) electrons. The molecule has 2 heterocycles. The SMILES string of the molecule is O=C(NC1CCCCC1)c1snc2c(=O)n(Cc3ccccc3)cnc12. The molecular formula is C19H20N4O2S. The fourth-order valence-corrected chi connectivity index (χ4v) is 4.13. The molecule has 134 valence electrons. The number of benzene rings is 1. The molecule has 0 saturated heterocycles. The van der Waals surface area contributed by atoms with Crippen LogP contribution in [0.1, 0.15) is 47.3 Å². The Hall–Kier alpha value is -2.54. The van der Waals surface area contributed by atoms with E-state index in [1.54, 1.807) is 0 Å². The molecule has 1 N–H and O–H groups in total. The van der Waals surface area contributed by atoms with Crippen molar-refractivity contribution in [3.05, 3.63) is 57.5 Å². The van der Waals surface area contributed by atoms with E-state index in [0.29, 0.717) is 16.9 Å². The zero-order valence-electron chi connectivity index (χ0n) is 14.4. The second-order valence-electron chi connectivity index (χ2n) is 6.68. The van der Waals surface area contributed by atoms with E-state index in [9.17, 15) is 9.59 Å². The van der Waals surface area contributed by atoms with Crippen LogP contribution in [0.2, 0.25) is 0 Å². The molecule has 7 heteroatoms. The summed E-state index contributed by atoms with van der Waals surface area (Å²) >= 11 is 1.05. The fraction of sp³-hybridized carbons (Fsp3) is 0.368. The third-order valence-corrected chi connectivity index (χ3v) is 5.63. The zero-order valence-corrected chi connectivity index (χ0v) is 15.2. The first-order chi connectivity index (χ1) is 12.7. The van der Waals surface area contributed by atoms with Gasteiger partial charge in [-0.15, -0.1) is 0 Å². The van der Waals surface area contributed by atoms with Gasteiger partial charge in [0, 0.05) is 6.04 Å². The Morgan fingerprint density at radius 3 is 2.69 bits per heavy atom. The van der Waals surface area contributed by atoms with Crippen LogP contribution in [0.3, 0.4) is 0 Å². The van der Waals surface area contributed by atoms with Crippen LogP contribution in [0.25, 0.3) is 11.0 Å². The molecule has 1 aliphatic carbocycles. The number of hydrogen-bond acceptors (Lipinski definition) is 5. The van der Waals surface area contributed by atoms with E-state index < -0.39 is 0 Å². The largest absolute Gasteiger partial charge is 0.348 e. The predicted molar refractivity (Wildman–Crippen MR) is 102 cm³/mol. The maximum atomic E-state index is 12.7. The van der Waals surface area contributed by atoms with E-state index in [1.807, 2.05) is 30.3 Å². The lowest BCUT2D eigenvalue weighted by Crippen LogP contribution is -2.36. The minimum atomic E-state index is -0.216. The van der Waals surface area contributed by atoms with Crippen LogP contribution in [0.4, 0.5) is 0 Å². The van der Waals surface area contributed by atoms with Gasteiger partial charge < -0.3 is 5.32 Å². The molecule has 2 aromatic heterocycles. The van der Waals surface area contributed by atoms with Crippen molar-refractivity contribution >= 4 is 28.5 Å². The van der Waals surface area contributed by atoms with Gasteiger partial charge in [0.15, 0.2) is 5.52 Å². The zero-order chi connectivity index (χ0) is 17.9. The van der Waals surface area contributed by atoms with Gasteiger partial charge in [-0.1, -0.05) is 49.6 Å². The Morgan fingerprint density at radius 1 is 1.15 bits per heavy atom. The van der Waals surface area contributed by atoms with Crippen LogP contribution in [-0.4, -0.2) is 25.9 Å². The highest BCUT2D eigenvalue weighted by Crippen LogP contribution is 2.21. The number of nitrogens with zero attached hydrogens (tertiary/aromatic N) is 3. The third kappa shape index (κ3) is 3.39. The summed E-state index contributed by atoms with van der Waals surface area (Å²) in [6, 6.07) is 9.94. The molecule has 0 unspecified atom stereocenters. The standard InChI is InChI=1S/C19H20N4O2S/c24-18(21-14-9-5-2-6-10-14)17-15-16(22-26-17)19(25)23(12-20-15)11-13-7-3-1-4-8-13/h1,3-4,7-8,12,14H,2,5-6,9-11H2,(H,21,24).